The summed E-state index contributed by atoms with van der Waals surface area (Å²) < 4.78 is 36.7. The predicted molar refractivity (Wildman–Crippen MR) is 72.4 cm³/mol. The fourth-order valence-corrected chi connectivity index (χ4v) is 2.35. The van der Waals surface area contributed by atoms with Crippen molar-refractivity contribution in [3.05, 3.63) is 17.9 Å². The Morgan fingerprint density at radius 1 is 1.37 bits per heavy atom. The summed E-state index contributed by atoms with van der Waals surface area (Å²) in [5.74, 6) is 0.598. The van der Waals surface area contributed by atoms with E-state index in [1.165, 1.54) is 6.07 Å². The zero-order valence-electron chi connectivity index (χ0n) is 11.6. The van der Waals surface area contributed by atoms with Crippen molar-refractivity contribution in [2.45, 2.75) is 38.5 Å². The van der Waals surface area contributed by atoms with Gasteiger partial charge in [0.25, 0.3) is 10.0 Å². The van der Waals surface area contributed by atoms with E-state index in [1.54, 1.807) is 6.07 Å². The van der Waals surface area contributed by atoms with Crippen molar-refractivity contribution in [3.8, 4) is 0 Å². The molecule has 110 valence electrons. The first-order chi connectivity index (χ1) is 8.95. The number of ether oxygens (including phenoxy) is 1. The van der Waals surface area contributed by atoms with Gasteiger partial charge in [-0.1, -0.05) is 6.92 Å². The summed E-state index contributed by atoms with van der Waals surface area (Å²) >= 11 is 0. The predicted octanol–water partition coefficient (Wildman–Crippen LogP) is 1.09. The van der Waals surface area contributed by atoms with Gasteiger partial charge in [-0.3, -0.25) is 0 Å². The molecule has 0 saturated carbocycles. The maximum Gasteiger partial charge on any atom is 0.274 e. The first kappa shape index (κ1) is 16.2. The molecule has 7 heteroatoms. The van der Waals surface area contributed by atoms with E-state index in [-0.39, 0.29) is 17.7 Å². The third-order valence-corrected chi connectivity index (χ3v) is 3.63. The van der Waals surface area contributed by atoms with Gasteiger partial charge in [-0.05, 0) is 32.5 Å². The lowest BCUT2D eigenvalue weighted by atomic mass is 10.4. The summed E-state index contributed by atoms with van der Waals surface area (Å²) in [5, 5.41) is 3.00. The highest BCUT2D eigenvalue weighted by atomic mass is 32.2. The molecule has 1 aromatic rings. The molecule has 1 rings (SSSR count). The van der Waals surface area contributed by atoms with Crippen LogP contribution in [0.4, 0.5) is 0 Å². The van der Waals surface area contributed by atoms with Crippen LogP contribution in [0.3, 0.4) is 0 Å². The van der Waals surface area contributed by atoms with E-state index in [1.807, 2.05) is 20.8 Å². The van der Waals surface area contributed by atoms with E-state index in [9.17, 15) is 8.42 Å². The highest BCUT2D eigenvalue weighted by molar-refractivity contribution is 7.89. The molecule has 0 radical (unpaired) electrons. The maximum atomic E-state index is 11.9. The Labute approximate surface area is 114 Å². The Kier molecular flexibility index (Phi) is 6.50. The van der Waals surface area contributed by atoms with E-state index >= 15 is 0 Å². The average molecular weight is 290 g/mol. The van der Waals surface area contributed by atoms with Crippen molar-refractivity contribution in [2.24, 2.45) is 0 Å². The molecule has 19 heavy (non-hydrogen) atoms. The van der Waals surface area contributed by atoms with Crippen molar-refractivity contribution >= 4 is 10.0 Å². The molecule has 0 saturated heterocycles. The Hall–Kier alpha value is -0.890. The van der Waals surface area contributed by atoms with Gasteiger partial charge in [0.05, 0.1) is 19.3 Å². The summed E-state index contributed by atoms with van der Waals surface area (Å²) in [4.78, 5) is 0. The molecule has 1 aromatic heterocycles. The van der Waals surface area contributed by atoms with E-state index in [0.717, 1.165) is 6.54 Å². The van der Waals surface area contributed by atoms with Crippen LogP contribution >= 0.6 is 0 Å². The first-order valence-electron chi connectivity index (χ1n) is 6.36. The minimum Gasteiger partial charge on any atom is -0.447 e. The summed E-state index contributed by atoms with van der Waals surface area (Å²) in [7, 11) is -3.59. The van der Waals surface area contributed by atoms with Crippen LogP contribution in [-0.4, -0.2) is 34.2 Å². The lowest BCUT2D eigenvalue weighted by Crippen LogP contribution is -2.28. The minimum atomic E-state index is -3.59. The zero-order chi connectivity index (χ0) is 14.3. The molecular formula is C12H22N2O4S. The normalized spacial score (nSPS) is 12.2. The van der Waals surface area contributed by atoms with Crippen molar-refractivity contribution in [3.63, 3.8) is 0 Å². The molecule has 0 aliphatic carbocycles. The molecule has 0 bridgehead atoms. The largest absolute Gasteiger partial charge is 0.447 e. The van der Waals surface area contributed by atoms with Crippen molar-refractivity contribution in [1.29, 1.82) is 0 Å². The van der Waals surface area contributed by atoms with Crippen LogP contribution in [0.25, 0.3) is 0 Å². The van der Waals surface area contributed by atoms with Gasteiger partial charge in [-0.2, -0.15) is 0 Å². The Bertz CT molecular complexity index is 468. The molecule has 0 aliphatic rings. The molecular weight excluding hydrogens is 268 g/mol. The zero-order valence-corrected chi connectivity index (χ0v) is 12.4. The smallest absolute Gasteiger partial charge is 0.274 e. The highest BCUT2D eigenvalue weighted by Crippen LogP contribution is 2.13. The van der Waals surface area contributed by atoms with Gasteiger partial charge < -0.3 is 14.5 Å². The highest BCUT2D eigenvalue weighted by Gasteiger charge is 2.18. The molecule has 0 aromatic carbocycles. The minimum absolute atomic E-state index is 0.0649. The fraction of sp³-hybridized carbons (Fsp3) is 0.667. The van der Waals surface area contributed by atoms with Gasteiger partial charge in [-0.25, -0.2) is 13.1 Å². The Morgan fingerprint density at radius 2 is 2.11 bits per heavy atom. The molecule has 0 spiro atoms. The molecule has 0 amide bonds. The molecule has 0 fully saturated rings. The van der Waals surface area contributed by atoms with Crippen LogP contribution in [0, 0.1) is 0 Å². The van der Waals surface area contributed by atoms with Gasteiger partial charge in [0.1, 0.15) is 5.76 Å². The monoisotopic (exact) mass is 290 g/mol. The van der Waals surface area contributed by atoms with Crippen LogP contribution in [-0.2, 0) is 21.3 Å². The van der Waals surface area contributed by atoms with Gasteiger partial charge in [0.15, 0.2) is 0 Å². The summed E-state index contributed by atoms with van der Waals surface area (Å²) in [6.45, 7) is 7.64. The summed E-state index contributed by atoms with van der Waals surface area (Å²) in [6.07, 6.45) is 0.0832. The van der Waals surface area contributed by atoms with E-state index < -0.39 is 10.0 Å². The van der Waals surface area contributed by atoms with Crippen LogP contribution in [0.5, 0.6) is 0 Å². The molecule has 0 unspecified atom stereocenters. The number of hydrogen-bond acceptors (Lipinski definition) is 5. The van der Waals surface area contributed by atoms with Crippen molar-refractivity contribution < 1.29 is 17.6 Å². The number of furan rings is 1. The first-order valence-corrected chi connectivity index (χ1v) is 7.84. The van der Waals surface area contributed by atoms with Crippen LogP contribution in [0.15, 0.2) is 21.6 Å². The van der Waals surface area contributed by atoms with Crippen LogP contribution in [0.2, 0.25) is 0 Å². The maximum absolute atomic E-state index is 11.9. The molecule has 1 heterocycles. The van der Waals surface area contributed by atoms with E-state index in [0.29, 0.717) is 18.9 Å². The van der Waals surface area contributed by atoms with Gasteiger partial charge in [0, 0.05) is 6.54 Å². The summed E-state index contributed by atoms with van der Waals surface area (Å²) in [5.41, 5.74) is 0. The van der Waals surface area contributed by atoms with E-state index in [4.69, 9.17) is 9.15 Å². The quantitative estimate of drug-likeness (QED) is 0.666. The number of hydrogen-bond donors (Lipinski definition) is 2. The molecule has 0 aliphatic heterocycles. The Morgan fingerprint density at radius 3 is 2.74 bits per heavy atom. The second-order valence-electron chi connectivity index (χ2n) is 4.32. The van der Waals surface area contributed by atoms with Crippen molar-refractivity contribution in [2.75, 3.05) is 19.7 Å². The lowest BCUT2D eigenvalue weighted by Gasteiger charge is -2.08. The standard InChI is InChI=1S/C12H22N2O4S/c1-4-13-9-11-5-6-12(18-11)19(15,16)14-7-8-17-10(2)3/h5-6,10,13-14H,4,7-9H2,1-3H3. The second kappa shape index (κ2) is 7.64. The molecule has 6 nitrogen and oxygen atoms in total. The van der Waals surface area contributed by atoms with Gasteiger partial charge >= 0.3 is 0 Å². The second-order valence-corrected chi connectivity index (χ2v) is 6.02. The Balaban J connectivity index is 2.50. The summed E-state index contributed by atoms with van der Waals surface area (Å²) in [6, 6.07) is 3.11. The number of rotatable bonds is 9. The van der Waals surface area contributed by atoms with E-state index in [2.05, 4.69) is 10.0 Å². The molecule has 2 N–H and O–H groups in total. The average Bonchev–Trinajstić information content (AvgIpc) is 2.81. The molecule has 0 atom stereocenters. The van der Waals surface area contributed by atoms with Crippen LogP contribution < -0.4 is 10.0 Å². The third-order valence-electron chi connectivity index (χ3n) is 2.30. The topological polar surface area (TPSA) is 80.6 Å². The van der Waals surface area contributed by atoms with Crippen molar-refractivity contribution in [1.82, 2.24) is 10.0 Å². The van der Waals surface area contributed by atoms with Gasteiger partial charge in [0.2, 0.25) is 5.09 Å². The van der Waals surface area contributed by atoms with Crippen LogP contribution in [0.1, 0.15) is 26.5 Å². The number of nitrogens with one attached hydrogen (secondary N) is 2. The third kappa shape index (κ3) is 5.73. The lowest BCUT2D eigenvalue weighted by molar-refractivity contribution is 0.0833. The number of sulfonamides is 1. The SMILES string of the molecule is CCNCc1ccc(S(=O)(=O)NCCOC(C)C)o1. The van der Waals surface area contributed by atoms with Gasteiger partial charge in [-0.15, -0.1) is 0 Å². The fourth-order valence-electron chi connectivity index (χ4n) is 1.39.